The molecule has 0 atom stereocenters. The fourth-order valence-electron chi connectivity index (χ4n) is 1.98. The van der Waals surface area contributed by atoms with Crippen LogP contribution in [0.4, 0.5) is 23.2 Å². The normalized spacial score (nSPS) is 11.0. The van der Waals surface area contributed by atoms with Crippen molar-refractivity contribution in [3.8, 4) is 5.75 Å². The second kappa shape index (κ2) is 8.26. The quantitative estimate of drug-likeness (QED) is 0.595. The number of anilines is 1. The van der Waals surface area contributed by atoms with Crippen LogP contribution in [0.25, 0.3) is 0 Å². The summed E-state index contributed by atoms with van der Waals surface area (Å²) in [4.78, 5) is 23.6. The second-order valence-corrected chi connectivity index (χ2v) is 5.57. The zero-order valence-corrected chi connectivity index (χ0v) is 14.4. The number of carbonyl (C=O) groups excluding carboxylic acids is 2. The maximum Gasteiger partial charge on any atom is 0.416 e. The minimum absolute atomic E-state index is 0.135. The van der Waals surface area contributed by atoms with Crippen LogP contribution < -0.4 is 10.1 Å². The van der Waals surface area contributed by atoms with Gasteiger partial charge in [0.2, 0.25) is 0 Å². The molecule has 0 saturated heterocycles. The molecule has 0 saturated carbocycles. The third-order valence-electron chi connectivity index (χ3n) is 3.30. The molecular weight excluding hydrogens is 394 g/mol. The number of nitrogens with one attached hydrogen (secondary N) is 1. The van der Waals surface area contributed by atoms with E-state index in [0.29, 0.717) is 6.07 Å². The van der Waals surface area contributed by atoms with Gasteiger partial charge in [0, 0.05) is 6.07 Å². The molecule has 2 aromatic rings. The molecule has 0 aromatic heterocycles. The van der Waals surface area contributed by atoms with Gasteiger partial charge in [-0.3, -0.25) is 4.79 Å². The smallest absolute Gasteiger partial charge is 0.416 e. The Morgan fingerprint density at radius 1 is 1.15 bits per heavy atom. The van der Waals surface area contributed by atoms with Crippen LogP contribution in [0.2, 0.25) is 5.02 Å². The number of hydrogen-bond acceptors (Lipinski definition) is 4. The number of rotatable bonds is 5. The van der Waals surface area contributed by atoms with E-state index in [4.69, 9.17) is 16.3 Å². The first-order valence-corrected chi connectivity index (χ1v) is 7.67. The zero-order chi connectivity index (χ0) is 20.2. The maximum atomic E-state index is 13.8. The van der Waals surface area contributed by atoms with Gasteiger partial charge in [0.25, 0.3) is 5.91 Å². The fraction of sp³-hybridized carbons (Fsp3) is 0.176. The van der Waals surface area contributed by atoms with Crippen molar-refractivity contribution in [2.75, 3.05) is 19.0 Å². The minimum atomic E-state index is -4.62. The zero-order valence-electron chi connectivity index (χ0n) is 13.7. The van der Waals surface area contributed by atoms with Gasteiger partial charge in [0.05, 0.1) is 28.9 Å². The van der Waals surface area contributed by atoms with Gasteiger partial charge in [-0.2, -0.15) is 13.2 Å². The summed E-state index contributed by atoms with van der Waals surface area (Å²) in [6, 6.07) is 5.76. The Balaban J connectivity index is 2.01. The van der Waals surface area contributed by atoms with Gasteiger partial charge in [0.1, 0.15) is 11.6 Å². The summed E-state index contributed by atoms with van der Waals surface area (Å²) in [5.41, 5.74) is -1.75. The van der Waals surface area contributed by atoms with Crippen LogP contribution in [0.1, 0.15) is 15.9 Å². The molecule has 0 heterocycles. The molecule has 0 radical (unpaired) electrons. The van der Waals surface area contributed by atoms with Crippen molar-refractivity contribution >= 4 is 29.2 Å². The van der Waals surface area contributed by atoms with E-state index < -0.39 is 41.6 Å². The average molecular weight is 406 g/mol. The predicted molar refractivity (Wildman–Crippen MR) is 88.3 cm³/mol. The van der Waals surface area contributed by atoms with Gasteiger partial charge in [0.15, 0.2) is 6.61 Å². The number of esters is 1. The molecule has 2 rings (SSSR count). The second-order valence-electron chi connectivity index (χ2n) is 5.16. The number of hydrogen-bond donors (Lipinski definition) is 1. The summed E-state index contributed by atoms with van der Waals surface area (Å²) >= 11 is 5.75. The number of halogens is 5. The first-order chi connectivity index (χ1) is 12.6. The summed E-state index contributed by atoms with van der Waals surface area (Å²) in [5, 5.41) is 1.97. The number of alkyl halides is 3. The molecule has 0 fully saturated rings. The van der Waals surface area contributed by atoms with Crippen LogP contribution in [-0.2, 0) is 15.7 Å². The van der Waals surface area contributed by atoms with E-state index in [1.807, 2.05) is 0 Å². The van der Waals surface area contributed by atoms with Gasteiger partial charge in [-0.25, -0.2) is 9.18 Å². The van der Waals surface area contributed by atoms with Gasteiger partial charge in [-0.1, -0.05) is 11.6 Å². The largest absolute Gasteiger partial charge is 0.497 e. The van der Waals surface area contributed by atoms with Crippen molar-refractivity contribution in [2.24, 2.45) is 0 Å². The van der Waals surface area contributed by atoms with Gasteiger partial charge < -0.3 is 14.8 Å². The Morgan fingerprint density at radius 3 is 2.44 bits per heavy atom. The Kier molecular flexibility index (Phi) is 6.27. The summed E-state index contributed by atoms with van der Waals surface area (Å²) < 4.78 is 61.3. The van der Waals surface area contributed by atoms with Crippen molar-refractivity contribution in [3.63, 3.8) is 0 Å². The van der Waals surface area contributed by atoms with Crippen molar-refractivity contribution in [3.05, 3.63) is 58.4 Å². The SMILES string of the molecule is COc1ccc(C(=O)OCC(=O)Nc2cc(C(F)(F)F)ccc2Cl)c(F)c1. The third kappa shape index (κ3) is 5.33. The molecule has 0 aliphatic carbocycles. The highest BCUT2D eigenvalue weighted by atomic mass is 35.5. The third-order valence-corrected chi connectivity index (χ3v) is 3.63. The molecular formula is C17H12ClF4NO4. The fourth-order valence-corrected chi connectivity index (χ4v) is 2.15. The Morgan fingerprint density at radius 2 is 1.85 bits per heavy atom. The minimum Gasteiger partial charge on any atom is -0.497 e. The standard InChI is InChI=1S/C17H12ClF4NO4/c1-26-10-3-4-11(13(19)7-10)16(25)27-8-15(24)23-14-6-9(17(20,21)22)2-5-12(14)18/h2-7H,8H2,1H3,(H,23,24). The van der Waals surface area contributed by atoms with Gasteiger partial charge in [-0.05, 0) is 30.3 Å². The van der Waals surface area contributed by atoms with Crippen LogP contribution >= 0.6 is 11.6 Å². The Hall–Kier alpha value is -2.81. The lowest BCUT2D eigenvalue weighted by Crippen LogP contribution is -2.22. The molecule has 0 spiro atoms. The lowest BCUT2D eigenvalue weighted by atomic mass is 10.2. The van der Waals surface area contributed by atoms with E-state index in [9.17, 15) is 27.2 Å². The van der Waals surface area contributed by atoms with E-state index in [1.165, 1.54) is 13.2 Å². The molecule has 0 aliphatic heterocycles. The maximum absolute atomic E-state index is 13.8. The van der Waals surface area contributed by atoms with Crippen LogP contribution in [0.15, 0.2) is 36.4 Å². The molecule has 27 heavy (non-hydrogen) atoms. The molecule has 2 aromatic carbocycles. The van der Waals surface area contributed by atoms with E-state index in [1.54, 1.807) is 0 Å². The van der Waals surface area contributed by atoms with Gasteiger partial charge >= 0.3 is 12.1 Å². The van der Waals surface area contributed by atoms with Crippen LogP contribution in [-0.4, -0.2) is 25.6 Å². The van der Waals surface area contributed by atoms with Crippen molar-refractivity contribution < 1.29 is 36.6 Å². The van der Waals surface area contributed by atoms with E-state index in [-0.39, 0.29) is 16.5 Å². The summed E-state index contributed by atoms with van der Waals surface area (Å²) in [6.07, 6.45) is -4.62. The summed E-state index contributed by atoms with van der Waals surface area (Å²) in [5.74, 6) is -2.81. The highest BCUT2D eigenvalue weighted by Crippen LogP contribution is 2.33. The lowest BCUT2D eigenvalue weighted by Gasteiger charge is -2.12. The average Bonchev–Trinajstić information content (AvgIpc) is 2.60. The topological polar surface area (TPSA) is 64.6 Å². The van der Waals surface area contributed by atoms with Crippen LogP contribution in [0.3, 0.4) is 0 Å². The van der Waals surface area contributed by atoms with E-state index in [0.717, 1.165) is 24.3 Å². The monoisotopic (exact) mass is 405 g/mol. The molecule has 5 nitrogen and oxygen atoms in total. The molecule has 1 N–H and O–H groups in total. The summed E-state index contributed by atoms with van der Waals surface area (Å²) in [7, 11) is 1.32. The Bertz CT molecular complexity index is 870. The number of methoxy groups -OCH3 is 1. The molecule has 10 heteroatoms. The van der Waals surface area contributed by atoms with Gasteiger partial charge in [-0.15, -0.1) is 0 Å². The highest BCUT2D eigenvalue weighted by Gasteiger charge is 2.31. The molecule has 144 valence electrons. The van der Waals surface area contributed by atoms with Crippen LogP contribution in [0.5, 0.6) is 5.75 Å². The summed E-state index contributed by atoms with van der Waals surface area (Å²) in [6.45, 7) is -0.850. The Labute approximate surface area is 155 Å². The molecule has 0 bridgehead atoms. The van der Waals surface area contributed by atoms with E-state index >= 15 is 0 Å². The molecule has 0 unspecified atom stereocenters. The highest BCUT2D eigenvalue weighted by molar-refractivity contribution is 6.33. The van der Waals surface area contributed by atoms with Crippen molar-refractivity contribution in [1.82, 2.24) is 0 Å². The van der Waals surface area contributed by atoms with Crippen molar-refractivity contribution in [1.29, 1.82) is 0 Å². The number of benzene rings is 2. The van der Waals surface area contributed by atoms with Crippen molar-refractivity contribution in [2.45, 2.75) is 6.18 Å². The number of ether oxygens (including phenoxy) is 2. The first-order valence-electron chi connectivity index (χ1n) is 7.29. The lowest BCUT2D eigenvalue weighted by molar-refractivity contribution is -0.137. The van der Waals surface area contributed by atoms with Crippen LogP contribution in [0, 0.1) is 5.82 Å². The van der Waals surface area contributed by atoms with E-state index in [2.05, 4.69) is 10.1 Å². The molecule has 0 aliphatic rings. The number of carbonyl (C=O) groups is 2. The first kappa shape index (κ1) is 20.5. The number of amides is 1. The molecule has 1 amide bonds. The predicted octanol–water partition coefficient (Wildman–Crippen LogP) is 4.30.